The molecule has 0 radical (unpaired) electrons. The van der Waals surface area contributed by atoms with Crippen LogP contribution in [0, 0.1) is 17.1 Å². The summed E-state index contributed by atoms with van der Waals surface area (Å²) in [6.45, 7) is 0.579. The zero-order valence-corrected chi connectivity index (χ0v) is 9.86. The highest BCUT2D eigenvalue weighted by Crippen LogP contribution is 2.12. The first-order valence-electron chi connectivity index (χ1n) is 5.72. The molecule has 0 fully saturated rings. The average Bonchev–Trinajstić information content (AvgIpc) is 2.38. The van der Waals surface area contributed by atoms with Crippen molar-refractivity contribution in [2.45, 2.75) is 13.0 Å². The maximum Gasteiger partial charge on any atom is 0.123 e. The Balaban J connectivity index is 1.96. The molecule has 0 unspecified atom stereocenters. The number of benzene rings is 2. The number of nitriles is 1. The number of hydrogen-bond acceptors (Lipinski definition) is 2. The van der Waals surface area contributed by atoms with Gasteiger partial charge < -0.3 is 5.32 Å². The Bertz CT molecular complexity index is 555. The van der Waals surface area contributed by atoms with Crippen LogP contribution in [0.5, 0.6) is 0 Å². The van der Waals surface area contributed by atoms with Crippen LogP contribution < -0.4 is 5.32 Å². The van der Waals surface area contributed by atoms with E-state index in [1.54, 1.807) is 6.07 Å². The molecule has 0 atom stereocenters. The predicted molar refractivity (Wildman–Crippen MR) is 69.5 cm³/mol. The summed E-state index contributed by atoms with van der Waals surface area (Å²) in [5.74, 6) is -0.223. The van der Waals surface area contributed by atoms with E-state index in [0.29, 0.717) is 13.0 Å². The first kappa shape index (κ1) is 12.1. The quantitative estimate of drug-likeness (QED) is 0.887. The van der Waals surface area contributed by atoms with Gasteiger partial charge in [-0.05, 0) is 35.4 Å². The van der Waals surface area contributed by atoms with E-state index in [4.69, 9.17) is 5.26 Å². The van der Waals surface area contributed by atoms with Gasteiger partial charge in [0.25, 0.3) is 0 Å². The van der Waals surface area contributed by atoms with Crippen LogP contribution in [-0.4, -0.2) is 0 Å². The number of anilines is 1. The number of nitrogens with zero attached hydrogens (tertiary/aromatic N) is 1. The molecule has 0 bridgehead atoms. The summed E-state index contributed by atoms with van der Waals surface area (Å²) in [5, 5.41) is 11.8. The van der Waals surface area contributed by atoms with E-state index in [0.717, 1.165) is 16.8 Å². The molecule has 0 aliphatic carbocycles. The van der Waals surface area contributed by atoms with E-state index in [9.17, 15) is 4.39 Å². The summed E-state index contributed by atoms with van der Waals surface area (Å²) in [5.41, 5.74) is 2.85. The van der Waals surface area contributed by atoms with Gasteiger partial charge in [0.05, 0.1) is 12.5 Å². The van der Waals surface area contributed by atoms with Gasteiger partial charge >= 0.3 is 0 Å². The maximum atomic E-state index is 13.0. The number of hydrogen-bond donors (Lipinski definition) is 1. The van der Waals surface area contributed by atoms with Gasteiger partial charge in [-0.1, -0.05) is 24.3 Å². The normalized spacial score (nSPS) is 9.78. The summed E-state index contributed by atoms with van der Waals surface area (Å²) in [6, 6.07) is 16.3. The number of halogens is 1. The maximum absolute atomic E-state index is 13.0. The highest BCUT2D eigenvalue weighted by atomic mass is 19.1. The van der Waals surface area contributed by atoms with Gasteiger partial charge in [0, 0.05) is 12.2 Å². The highest BCUT2D eigenvalue weighted by molar-refractivity contribution is 5.45. The molecule has 1 N–H and O–H groups in total. The summed E-state index contributed by atoms with van der Waals surface area (Å²) >= 11 is 0. The summed E-state index contributed by atoms with van der Waals surface area (Å²) in [7, 11) is 0. The Kier molecular flexibility index (Phi) is 3.93. The molecule has 2 aromatic rings. The molecule has 18 heavy (non-hydrogen) atoms. The van der Waals surface area contributed by atoms with Gasteiger partial charge in [0.15, 0.2) is 0 Å². The molecule has 0 spiro atoms. The van der Waals surface area contributed by atoms with Crippen molar-refractivity contribution in [1.82, 2.24) is 0 Å². The van der Waals surface area contributed by atoms with Gasteiger partial charge in [-0.2, -0.15) is 5.26 Å². The monoisotopic (exact) mass is 240 g/mol. The second-order valence-corrected chi connectivity index (χ2v) is 4.02. The third-order valence-electron chi connectivity index (χ3n) is 2.62. The van der Waals surface area contributed by atoms with Crippen LogP contribution in [0.1, 0.15) is 11.1 Å². The fourth-order valence-corrected chi connectivity index (χ4v) is 1.68. The molecular weight excluding hydrogens is 227 g/mol. The largest absolute Gasteiger partial charge is 0.381 e. The summed E-state index contributed by atoms with van der Waals surface area (Å²) in [6.07, 6.45) is 0.421. The molecule has 2 aromatic carbocycles. The van der Waals surface area contributed by atoms with Crippen molar-refractivity contribution in [2.75, 3.05) is 5.32 Å². The van der Waals surface area contributed by atoms with E-state index in [1.807, 2.05) is 30.3 Å². The minimum Gasteiger partial charge on any atom is -0.381 e. The van der Waals surface area contributed by atoms with E-state index in [-0.39, 0.29) is 5.82 Å². The summed E-state index contributed by atoms with van der Waals surface area (Å²) < 4.78 is 13.0. The third-order valence-corrected chi connectivity index (χ3v) is 2.62. The van der Waals surface area contributed by atoms with E-state index in [2.05, 4.69) is 11.4 Å². The molecule has 0 amide bonds. The average molecular weight is 240 g/mol. The molecule has 0 aliphatic heterocycles. The molecule has 0 saturated heterocycles. The Morgan fingerprint density at radius 1 is 1.06 bits per heavy atom. The Hall–Kier alpha value is -2.34. The van der Waals surface area contributed by atoms with E-state index >= 15 is 0 Å². The van der Waals surface area contributed by atoms with Crippen molar-refractivity contribution in [3.05, 3.63) is 65.5 Å². The molecule has 2 nitrogen and oxygen atoms in total. The first-order chi connectivity index (χ1) is 8.78. The van der Waals surface area contributed by atoms with Crippen LogP contribution in [0.2, 0.25) is 0 Å². The lowest BCUT2D eigenvalue weighted by Gasteiger charge is -2.07. The minimum atomic E-state index is -0.223. The number of rotatable bonds is 4. The van der Waals surface area contributed by atoms with Gasteiger partial charge in [-0.3, -0.25) is 0 Å². The van der Waals surface area contributed by atoms with Crippen LogP contribution in [0.4, 0.5) is 10.1 Å². The molecule has 0 saturated carbocycles. The highest BCUT2D eigenvalue weighted by Gasteiger charge is 1.97. The Morgan fingerprint density at radius 2 is 1.83 bits per heavy atom. The van der Waals surface area contributed by atoms with Gasteiger partial charge in [-0.15, -0.1) is 0 Å². The van der Waals surface area contributed by atoms with Gasteiger partial charge in [-0.25, -0.2) is 4.39 Å². The zero-order chi connectivity index (χ0) is 12.8. The minimum absolute atomic E-state index is 0.223. The third kappa shape index (κ3) is 3.33. The van der Waals surface area contributed by atoms with Crippen LogP contribution in [0.25, 0.3) is 0 Å². The predicted octanol–water partition coefficient (Wildman–Crippen LogP) is 3.50. The molecule has 0 heterocycles. The lowest BCUT2D eigenvalue weighted by atomic mass is 10.1. The van der Waals surface area contributed by atoms with Crippen molar-refractivity contribution in [3.8, 4) is 6.07 Å². The van der Waals surface area contributed by atoms with Crippen LogP contribution in [-0.2, 0) is 13.0 Å². The van der Waals surface area contributed by atoms with Crippen LogP contribution in [0.3, 0.4) is 0 Å². The second-order valence-electron chi connectivity index (χ2n) is 4.02. The van der Waals surface area contributed by atoms with Gasteiger partial charge in [0.1, 0.15) is 5.82 Å². The van der Waals surface area contributed by atoms with Crippen LogP contribution >= 0.6 is 0 Å². The number of nitrogens with one attached hydrogen (secondary N) is 1. The Labute approximate surface area is 106 Å². The zero-order valence-electron chi connectivity index (χ0n) is 9.86. The van der Waals surface area contributed by atoms with E-state index in [1.165, 1.54) is 12.1 Å². The molecular formula is C15H13FN2. The Morgan fingerprint density at radius 3 is 2.50 bits per heavy atom. The van der Waals surface area contributed by atoms with Crippen LogP contribution in [0.15, 0.2) is 48.5 Å². The van der Waals surface area contributed by atoms with Crippen molar-refractivity contribution in [2.24, 2.45) is 0 Å². The molecule has 90 valence electrons. The van der Waals surface area contributed by atoms with Crippen molar-refractivity contribution < 1.29 is 4.39 Å². The lowest BCUT2D eigenvalue weighted by molar-refractivity contribution is 0.626. The topological polar surface area (TPSA) is 35.8 Å². The molecule has 0 aromatic heterocycles. The smallest absolute Gasteiger partial charge is 0.123 e. The summed E-state index contributed by atoms with van der Waals surface area (Å²) in [4.78, 5) is 0. The second kappa shape index (κ2) is 5.83. The van der Waals surface area contributed by atoms with Gasteiger partial charge in [0.2, 0.25) is 0 Å². The molecule has 0 aliphatic rings. The standard InChI is InChI=1S/C15H13FN2/c16-14-3-1-2-13(10-14)11-18-15-6-4-12(5-7-15)8-9-17/h1-7,10,18H,8,11H2. The molecule has 3 heteroatoms. The van der Waals surface area contributed by atoms with Crippen molar-refractivity contribution in [3.63, 3.8) is 0 Å². The van der Waals surface area contributed by atoms with Crippen molar-refractivity contribution >= 4 is 5.69 Å². The van der Waals surface area contributed by atoms with E-state index < -0.39 is 0 Å². The first-order valence-corrected chi connectivity index (χ1v) is 5.72. The SMILES string of the molecule is N#CCc1ccc(NCc2cccc(F)c2)cc1. The van der Waals surface area contributed by atoms with Crippen molar-refractivity contribution in [1.29, 1.82) is 5.26 Å². The fourth-order valence-electron chi connectivity index (χ4n) is 1.68. The fraction of sp³-hybridized carbons (Fsp3) is 0.133. The lowest BCUT2D eigenvalue weighted by Crippen LogP contribution is -1.99. The molecule has 2 rings (SSSR count).